The minimum Gasteiger partial charge on any atom is -0.346 e. The molecule has 0 spiro atoms. The maximum Gasteiger partial charge on any atom is 0.185 e. The van der Waals surface area contributed by atoms with E-state index in [1.807, 2.05) is 18.4 Å². The first-order valence-corrected chi connectivity index (χ1v) is 8.90. The van der Waals surface area contributed by atoms with Gasteiger partial charge in [0.05, 0.1) is 5.69 Å². The quantitative estimate of drug-likeness (QED) is 0.906. The summed E-state index contributed by atoms with van der Waals surface area (Å²) < 4.78 is 0. The lowest BCUT2D eigenvalue weighted by Crippen LogP contribution is -2.53. The molecule has 0 aliphatic carbocycles. The third-order valence-electron chi connectivity index (χ3n) is 4.09. The Hall–Kier alpha value is -0.650. The van der Waals surface area contributed by atoms with Gasteiger partial charge < -0.3 is 10.2 Å². The summed E-state index contributed by atoms with van der Waals surface area (Å²) >= 11 is 1.87. The molecule has 2 heterocycles. The van der Waals surface area contributed by atoms with Crippen LogP contribution >= 0.6 is 11.3 Å². The molecule has 5 heteroatoms. The summed E-state index contributed by atoms with van der Waals surface area (Å²) in [5.41, 5.74) is 1.57. The molecular formula is C16H30N4S. The molecule has 1 aliphatic rings. The Morgan fingerprint density at radius 3 is 2.38 bits per heavy atom. The van der Waals surface area contributed by atoms with Crippen LogP contribution in [-0.2, 0) is 13.0 Å². The molecule has 4 nitrogen and oxygen atoms in total. The Morgan fingerprint density at radius 1 is 1.19 bits per heavy atom. The maximum atomic E-state index is 4.92. The number of hydrogen-bond acceptors (Lipinski definition) is 5. The van der Waals surface area contributed by atoms with E-state index in [0.717, 1.165) is 45.6 Å². The summed E-state index contributed by atoms with van der Waals surface area (Å²) in [4.78, 5) is 11.4. The molecule has 2 rings (SSSR count). The van der Waals surface area contributed by atoms with Gasteiger partial charge in [0.1, 0.15) is 0 Å². The average Bonchev–Trinajstić information content (AvgIpc) is 2.82. The highest BCUT2D eigenvalue weighted by molar-refractivity contribution is 7.15. The summed E-state index contributed by atoms with van der Waals surface area (Å²) in [5, 5.41) is 4.49. The highest BCUT2D eigenvalue weighted by atomic mass is 32.1. The van der Waals surface area contributed by atoms with Gasteiger partial charge in [-0.15, -0.1) is 11.3 Å². The van der Waals surface area contributed by atoms with Gasteiger partial charge in [-0.25, -0.2) is 4.98 Å². The van der Waals surface area contributed by atoms with Gasteiger partial charge >= 0.3 is 0 Å². The van der Waals surface area contributed by atoms with Crippen LogP contribution in [0, 0.1) is 0 Å². The SMILES string of the molecule is CCCc1nc(N2CCN(C(C)(C)C)CC2)sc1CNC. The van der Waals surface area contributed by atoms with E-state index in [9.17, 15) is 0 Å². The van der Waals surface area contributed by atoms with Gasteiger partial charge in [0.2, 0.25) is 0 Å². The van der Waals surface area contributed by atoms with Crippen LogP contribution in [0.3, 0.4) is 0 Å². The zero-order valence-electron chi connectivity index (χ0n) is 14.2. The first-order chi connectivity index (χ1) is 9.95. The molecule has 0 amide bonds. The van der Waals surface area contributed by atoms with Crippen LogP contribution in [-0.4, -0.2) is 48.6 Å². The molecule has 1 saturated heterocycles. The van der Waals surface area contributed by atoms with Crippen LogP contribution in [0.4, 0.5) is 5.13 Å². The van der Waals surface area contributed by atoms with Crippen molar-refractivity contribution in [2.75, 3.05) is 38.1 Å². The van der Waals surface area contributed by atoms with Crippen molar-refractivity contribution in [2.45, 2.75) is 52.6 Å². The van der Waals surface area contributed by atoms with E-state index >= 15 is 0 Å². The number of aryl methyl sites for hydroxylation is 1. The first kappa shape index (κ1) is 16.7. The predicted molar refractivity (Wildman–Crippen MR) is 92.4 cm³/mol. The number of nitrogens with one attached hydrogen (secondary N) is 1. The molecule has 0 bridgehead atoms. The van der Waals surface area contributed by atoms with Crippen LogP contribution < -0.4 is 10.2 Å². The Balaban J connectivity index is 2.04. The number of hydrogen-bond donors (Lipinski definition) is 1. The lowest BCUT2D eigenvalue weighted by Gasteiger charge is -2.42. The van der Waals surface area contributed by atoms with E-state index < -0.39 is 0 Å². The Labute approximate surface area is 133 Å². The normalized spacial score (nSPS) is 17.5. The average molecular weight is 311 g/mol. The van der Waals surface area contributed by atoms with Crippen molar-refractivity contribution in [3.63, 3.8) is 0 Å². The summed E-state index contributed by atoms with van der Waals surface area (Å²) in [6.07, 6.45) is 2.26. The van der Waals surface area contributed by atoms with Gasteiger partial charge in [0.15, 0.2) is 5.13 Å². The van der Waals surface area contributed by atoms with Crippen molar-refractivity contribution in [3.05, 3.63) is 10.6 Å². The van der Waals surface area contributed by atoms with E-state index in [2.05, 4.69) is 42.8 Å². The van der Waals surface area contributed by atoms with Crippen LogP contribution in [0.5, 0.6) is 0 Å². The summed E-state index contributed by atoms with van der Waals surface area (Å²) in [5.74, 6) is 0. The Kier molecular flexibility index (Phi) is 5.63. The van der Waals surface area contributed by atoms with Crippen molar-refractivity contribution in [2.24, 2.45) is 0 Å². The second kappa shape index (κ2) is 7.07. The third-order valence-corrected chi connectivity index (χ3v) is 5.25. The standard InChI is InChI=1S/C16H30N4S/c1-6-7-13-14(12-17-5)21-15(18-13)19-8-10-20(11-9-19)16(2,3)4/h17H,6-12H2,1-5H3. The van der Waals surface area contributed by atoms with Gasteiger partial charge in [-0.05, 0) is 34.2 Å². The number of aromatic nitrogens is 1. The fourth-order valence-corrected chi connectivity index (χ4v) is 3.97. The molecule has 0 unspecified atom stereocenters. The number of piperazine rings is 1. The van der Waals surface area contributed by atoms with Crippen LogP contribution in [0.1, 0.15) is 44.7 Å². The maximum absolute atomic E-state index is 4.92. The monoisotopic (exact) mass is 310 g/mol. The van der Waals surface area contributed by atoms with Gasteiger partial charge in [-0.2, -0.15) is 0 Å². The zero-order valence-corrected chi connectivity index (χ0v) is 15.0. The molecule has 1 aliphatic heterocycles. The molecule has 0 aromatic carbocycles. The van der Waals surface area contributed by atoms with E-state index in [4.69, 9.17) is 4.98 Å². The van der Waals surface area contributed by atoms with Gasteiger partial charge in [0, 0.05) is 43.1 Å². The number of thiazole rings is 1. The zero-order chi connectivity index (χ0) is 15.5. The Morgan fingerprint density at radius 2 is 1.86 bits per heavy atom. The second-order valence-electron chi connectivity index (χ2n) is 6.79. The van der Waals surface area contributed by atoms with E-state index in [1.165, 1.54) is 15.7 Å². The van der Waals surface area contributed by atoms with Crippen LogP contribution in [0.15, 0.2) is 0 Å². The first-order valence-electron chi connectivity index (χ1n) is 8.09. The summed E-state index contributed by atoms with van der Waals surface area (Å²) in [7, 11) is 2.01. The van der Waals surface area contributed by atoms with E-state index in [0.29, 0.717) is 0 Å². The molecule has 1 aromatic heterocycles. The molecule has 21 heavy (non-hydrogen) atoms. The Bertz CT molecular complexity index is 418. The van der Waals surface area contributed by atoms with Gasteiger partial charge in [-0.3, -0.25) is 4.90 Å². The predicted octanol–water partition coefficient (Wildman–Crippen LogP) is 2.74. The van der Waals surface area contributed by atoms with E-state index in [-0.39, 0.29) is 5.54 Å². The van der Waals surface area contributed by atoms with Crippen LogP contribution in [0.25, 0.3) is 0 Å². The second-order valence-corrected chi connectivity index (χ2v) is 7.85. The molecule has 0 atom stereocenters. The minimum atomic E-state index is 0.277. The minimum absolute atomic E-state index is 0.277. The van der Waals surface area contributed by atoms with Crippen molar-refractivity contribution in [1.82, 2.24) is 15.2 Å². The molecule has 1 aromatic rings. The van der Waals surface area contributed by atoms with Crippen LogP contribution in [0.2, 0.25) is 0 Å². The molecular weight excluding hydrogens is 280 g/mol. The smallest absolute Gasteiger partial charge is 0.185 e. The number of rotatable bonds is 5. The molecule has 0 saturated carbocycles. The fraction of sp³-hybridized carbons (Fsp3) is 0.812. The van der Waals surface area contributed by atoms with E-state index in [1.54, 1.807) is 0 Å². The third kappa shape index (κ3) is 4.18. The molecule has 120 valence electrons. The highest BCUT2D eigenvalue weighted by Crippen LogP contribution is 2.29. The summed E-state index contributed by atoms with van der Waals surface area (Å²) in [6.45, 7) is 14.5. The highest BCUT2D eigenvalue weighted by Gasteiger charge is 2.27. The van der Waals surface area contributed by atoms with Crippen molar-refractivity contribution in [1.29, 1.82) is 0 Å². The number of anilines is 1. The lowest BCUT2D eigenvalue weighted by atomic mass is 10.1. The van der Waals surface area contributed by atoms with Crippen molar-refractivity contribution in [3.8, 4) is 0 Å². The van der Waals surface area contributed by atoms with Gasteiger partial charge in [-0.1, -0.05) is 13.3 Å². The van der Waals surface area contributed by atoms with Crippen molar-refractivity contribution >= 4 is 16.5 Å². The van der Waals surface area contributed by atoms with Crippen molar-refractivity contribution < 1.29 is 0 Å². The lowest BCUT2D eigenvalue weighted by molar-refractivity contribution is 0.128. The topological polar surface area (TPSA) is 31.4 Å². The molecule has 0 radical (unpaired) electrons. The fourth-order valence-electron chi connectivity index (χ4n) is 2.80. The molecule has 1 fully saturated rings. The largest absolute Gasteiger partial charge is 0.346 e. The number of nitrogens with zero attached hydrogens (tertiary/aromatic N) is 3. The van der Waals surface area contributed by atoms with Gasteiger partial charge in [0.25, 0.3) is 0 Å². The molecule has 1 N–H and O–H groups in total. The summed E-state index contributed by atoms with van der Waals surface area (Å²) in [6, 6.07) is 0.